The van der Waals surface area contributed by atoms with Gasteiger partial charge in [0, 0.05) is 19.6 Å². The second-order valence-electron chi connectivity index (χ2n) is 2.28. The minimum Gasteiger partial charge on any atom is -0.396 e. The number of hydrogen-bond acceptors (Lipinski definition) is 3. The minimum atomic E-state index is 0.205. The van der Waals surface area contributed by atoms with Crippen molar-refractivity contribution < 1.29 is 9.90 Å². The van der Waals surface area contributed by atoms with E-state index in [-0.39, 0.29) is 12.4 Å². The molecule has 0 radical (unpaired) electrons. The lowest BCUT2D eigenvalue weighted by Crippen LogP contribution is -2.19. The molecule has 0 saturated carbocycles. The molecule has 0 aromatic carbocycles. The summed E-state index contributed by atoms with van der Waals surface area (Å²) < 4.78 is 0. The smallest absolute Gasteiger partial charge is 0.131 e. The van der Waals surface area contributed by atoms with Gasteiger partial charge in [0.25, 0.3) is 0 Å². The van der Waals surface area contributed by atoms with Crippen LogP contribution in [0.15, 0.2) is 0 Å². The topological polar surface area (TPSA) is 49.3 Å². The molecule has 3 nitrogen and oxygen atoms in total. The number of ketones is 1. The molecule has 0 atom stereocenters. The molecule has 0 aliphatic rings. The zero-order chi connectivity index (χ0) is 7.82. The van der Waals surface area contributed by atoms with Crippen LogP contribution in [0.1, 0.15) is 19.8 Å². The van der Waals surface area contributed by atoms with Gasteiger partial charge in [-0.1, -0.05) is 0 Å². The highest BCUT2D eigenvalue weighted by Crippen LogP contribution is 1.78. The van der Waals surface area contributed by atoms with Gasteiger partial charge in [0.2, 0.25) is 0 Å². The third-order valence-corrected chi connectivity index (χ3v) is 1.17. The predicted molar refractivity (Wildman–Crippen MR) is 39.9 cm³/mol. The summed E-state index contributed by atoms with van der Waals surface area (Å²) in [4.78, 5) is 10.4. The Hall–Kier alpha value is -0.410. The van der Waals surface area contributed by atoms with E-state index in [4.69, 9.17) is 5.11 Å². The Morgan fingerprint density at radius 2 is 2.20 bits per heavy atom. The molecule has 0 spiro atoms. The summed E-state index contributed by atoms with van der Waals surface area (Å²) >= 11 is 0. The molecule has 0 rings (SSSR count). The van der Waals surface area contributed by atoms with Crippen molar-refractivity contribution in [2.24, 2.45) is 0 Å². The number of carbonyl (C=O) groups is 1. The average molecular weight is 145 g/mol. The largest absolute Gasteiger partial charge is 0.396 e. The zero-order valence-electron chi connectivity index (χ0n) is 6.39. The summed E-state index contributed by atoms with van der Waals surface area (Å²) in [6, 6.07) is 0. The molecule has 0 aromatic rings. The van der Waals surface area contributed by atoms with Crippen LogP contribution in [-0.2, 0) is 4.79 Å². The van der Waals surface area contributed by atoms with E-state index >= 15 is 0 Å². The fourth-order valence-corrected chi connectivity index (χ4v) is 0.593. The van der Waals surface area contributed by atoms with Crippen molar-refractivity contribution in [2.75, 3.05) is 19.7 Å². The van der Waals surface area contributed by atoms with Crippen LogP contribution in [0.3, 0.4) is 0 Å². The number of hydrogen-bond donors (Lipinski definition) is 2. The lowest BCUT2D eigenvalue weighted by molar-refractivity contribution is -0.116. The molecule has 0 heterocycles. The SMILES string of the molecule is CC(=O)CCNCCCO. The Balaban J connectivity index is 2.84. The predicted octanol–water partition coefficient (Wildman–Crippen LogP) is -0.0625. The van der Waals surface area contributed by atoms with Gasteiger partial charge in [-0.05, 0) is 19.9 Å². The van der Waals surface area contributed by atoms with Crippen LogP contribution in [0.25, 0.3) is 0 Å². The van der Waals surface area contributed by atoms with Gasteiger partial charge in [0.15, 0.2) is 0 Å². The Labute approximate surface area is 61.4 Å². The first-order valence-electron chi connectivity index (χ1n) is 3.58. The number of nitrogens with one attached hydrogen (secondary N) is 1. The Bertz CT molecular complexity index is 93.6. The number of aliphatic hydroxyl groups excluding tert-OH is 1. The highest BCUT2D eigenvalue weighted by molar-refractivity contribution is 5.75. The molecule has 0 bridgehead atoms. The molecule has 3 heteroatoms. The second-order valence-corrected chi connectivity index (χ2v) is 2.28. The summed E-state index contributed by atoms with van der Waals surface area (Å²) in [5, 5.41) is 11.4. The molecule has 0 aliphatic heterocycles. The summed E-state index contributed by atoms with van der Waals surface area (Å²) in [6.45, 7) is 3.32. The highest BCUT2D eigenvalue weighted by Gasteiger charge is 1.90. The molecule has 0 aromatic heterocycles. The van der Waals surface area contributed by atoms with Crippen molar-refractivity contribution >= 4 is 5.78 Å². The number of carbonyl (C=O) groups excluding carboxylic acids is 1. The van der Waals surface area contributed by atoms with E-state index in [0.29, 0.717) is 6.42 Å². The number of aliphatic hydroxyl groups is 1. The van der Waals surface area contributed by atoms with Crippen molar-refractivity contribution in [3.63, 3.8) is 0 Å². The maximum atomic E-state index is 10.4. The lowest BCUT2D eigenvalue weighted by atomic mass is 10.3. The van der Waals surface area contributed by atoms with Crippen LogP contribution in [0.2, 0.25) is 0 Å². The first-order chi connectivity index (χ1) is 4.77. The third-order valence-electron chi connectivity index (χ3n) is 1.17. The molecule has 10 heavy (non-hydrogen) atoms. The van der Waals surface area contributed by atoms with Crippen molar-refractivity contribution in [3.8, 4) is 0 Å². The van der Waals surface area contributed by atoms with E-state index in [9.17, 15) is 4.79 Å². The van der Waals surface area contributed by atoms with Crippen molar-refractivity contribution in [3.05, 3.63) is 0 Å². The van der Waals surface area contributed by atoms with Crippen molar-refractivity contribution in [1.82, 2.24) is 5.32 Å². The quantitative estimate of drug-likeness (QED) is 0.515. The summed E-state index contributed by atoms with van der Waals surface area (Å²) in [6.07, 6.45) is 1.35. The molecule has 0 unspecified atom stereocenters. The molecule has 0 saturated heterocycles. The van der Waals surface area contributed by atoms with Crippen LogP contribution < -0.4 is 5.32 Å². The maximum Gasteiger partial charge on any atom is 0.131 e. The Morgan fingerprint density at radius 1 is 1.50 bits per heavy atom. The molecule has 0 aliphatic carbocycles. The summed E-state index contributed by atoms with van der Waals surface area (Å²) in [5.74, 6) is 0.205. The van der Waals surface area contributed by atoms with Gasteiger partial charge < -0.3 is 10.4 Å². The van der Waals surface area contributed by atoms with Crippen molar-refractivity contribution in [1.29, 1.82) is 0 Å². The van der Waals surface area contributed by atoms with Crippen molar-refractivity contribution in [2.45, 2.75) is 19.8 Å². The number of Topliss-reactive ketones (excluding diaryl/α,β-unsaturated/α-hetero) is 1. The highest BCUT2D eigenvalue weighted by atomic mass is 16.3. The van der Waals surface area contributed by atoms with Crippen LogP contribution >= 0.6 is 0 Å². The van der Waals surface area contributed by atoms with Crippen LogP contribution in [0.4, 0.5) is 0 Å². The van der Waals surface area contributed by atoms with Gasteiger partial charge in [-0.15, -0.1) is 0 Å². The molecule has 60 valence electrons. The fourth-order valence-electron chi connectivity index (χ4n) is 0.593. The van der Waals surface area contributed by atoms with Gasteiger partial charge in [-0.3, -0.25) is 4.79 Å². The molecule has 0 amide bonds. The normalized spacial score (nSPS) is 9.80. The monoisotopic (exact) mass is 145 g/mol. The Morgan fingerprint density at radius 3 is 2.70 bits per heavy atom. The minimum absolute atomic E-state index is 0.205. The molecular formula is C7H15NO2. The van der Waals surface area contributed by atoms with Crippen LogP contribution in [0.5, 0.6) is 0 Å². The first-order valence-corrected chi connectivity index (χ1v) is 3.58. The average Bonchev–Trinajstić information content (AvgIpc) is 1.87. The third kappa shape index (κ3) is 7.59. The van der Waals surface area contributed by atoms with Gasteiger partial charge in [0.05, 0.1) is 0 Å². The fraction of sp³-hybridized carbons (Fsp3) is 0.857. The van der Waals surface area contributed by atoms with Gasteiger partial charge >= 0.3 is 0 Å². The van der Waals surface area contributed by atoms with E-state index in [1.807, 2.05) is 0 Å². The van der Waals surface area contributed by atoms with Crippen LogP contribution in [-0.4, -0.2) is 30.6 Å². The van der Waals surface area contributed by atoms with Crippen LogP contribution in [0, 0.1) is 0 Å². The second kappa shape index (κ2) is 6.71. The van der Waals surface area contributed by atoms with Gasteiger partial charge in [-0.25, -0.2) is 0 Å². The maximum absolute atomic E-state index is 10.4. The first kappa shape index (κ1) is 9.59. The summed E-state index contributed by atoms with van der Waals surface area (Å²) in [7, 11) is 0. The van der Waals surface area contributed by atoms with E-state index < -0.39 is 0 Å². The Kier molecular flexibility index (Phi) is 6.43. The van der Waals surface area contributed by atoms with E-state index in [0.717, 1.165) is 19.5 Å². The number of rotatable bonds is 6. The standard InChI is InChI=1S/C7H15NO2/c1-7(10)3-5-8-4-2-6-9/h8-9H,2-6H2,1H3. The zero-order valence-corrected chi connectivity index (χ0v) is 6.39. The molecule has 2 N–H and O–H groups in total. The summed E-state index contributed by atoms with van der Waals surface area (Å²) in [5.41, 5.74) is 0. The lowest BCUT2D eigenvalue weighted by Gasteiger charge is -1.99. The van der Waals surface area contributed by atoms with Gasteiger partial charge in [0.1, 0.15) is 5.78 Å². The van der Waals surface area contributed by atoms with Gasteiger partial charge in [-0.2, -0.15) is 0 Å². The van der Waals surface area contributed by atoms with E-state index in [1.54, 1.807) is 6.92 Å². The molecular weight excluding hydrogens is 130 g/mol. The van der Waals surface area contributed by atoms with E-state index in [1.165, 1.54) is 0 Å². The molecule has 0 fully saturated rings. The van der Waals surface area contributed by atoms with E-state index in [2.05, 4.69) is 5.32 Å².